The molecule has 3 rings (SSSR count). The van der Waals surface area contributed by atoms with Crippen LogP contribution in [0.4, 0.5) is 11.5 Å². The third kappa shape index (κ3) is 5.11. The minimum atomic E-state index is -0.467. The summed E-state index contributed by atoms with van der Waals surface area (Å²) in [4.78, 5) is 16.3. The number of anilines is 2. The lowest BCUT2D eigenvalue weighted by Gasteiger charge is -2.36. The standard InChI is InChI=1S/C20H26ClN5O2/c1-20(2,3)28-18(27)13-25-8-10-26(11-9-25)17-12-16(23-24-19(17)22)14-6-4-5-7-15(14)21/h4-7,12H,8-11,13H2,1-3H3,(H2,22,24). The lowest BCUT2D eigenvalue weighted by Crippen LogP contribution is -2.49. The zero-order valence-corrected chi connectivity index (χ0v) is 17.2. The van der Waals surface area contributed by atoms with E-state index in [1.165, 1.54) is 0 Å². The van der Waals surface area contributed by atoms with E-state index >= 15 is 0 Å². The Morgan fingerprint density at radius 1 is 1.18 bits per heavy atom. The third-order valence-corrected chi connectivity index (χ3v) is 4.77. The van der Waals surface area contributed by atoms with Crippen LogP contribution in [0.3, 0.4) is 0 Å². The summed E-state index contributed by atoms with van der Waals surface area (Å²) in [5, 5.41) is 8.93. The number of carbonyl (C=O) groups is 1. The Bertz CT molecular complexity index is 845. The number of nitrogens with zero attached hydrogens (tertiary/aromatic N) is 4. The van der Waals surface area contributed by atoms with Crippen molar-refractivity contribution in [3.8, 4) is 11.3 Å². The maximum atomic E-state index is 12.0. The Labute approximate surface area is 170 Å². The van der Waals surface area contributed by atoms with E-state index < -0.39 is 5.60 Å². The fourth-order valence-corrected chi connectivity index (χ4v) is 3.38. The average Bonchev–Trinajstić information content (AvgIpc) is 2.62. The van der Waals surface area contributed by atoms with Gasteiger partial charge in [-0.05, 0) is 32.9 Å². The zero-order chi connectivity index (χ0) is 20.3. The van der Waals surface area contributed by atoms with E-state index in [9.17, 15) is 4.79 Å². The Morgan fingerprint density at radius 2 is 1.86 bits per heavy atom. The molecule has 0 spiro atoms. The van der Waals surface area contributed by atoms with Gasteiger partial charge in [-0.2, -0.15) is 0 Å². The second-order valence-corrected chi connectivity index (χ2v) is 8.24. The monoisotopic (exact) mass is 403 g/mol. The number of aromatic nitrogens is 2. The number of piperazine rings is 1. The van der Waals surface area contributed by atoms with Gasteiger partial charge in [0.15, 0.2) is 5.82 Å². The molecule has 7 nitrogen and oxygen atoms in total. The fraction of sp³-hybridized carbons (Fsp3) is 0.450. The number of nitrogens with two attached hydrogens (primary N) is 1. The van der Waals surface area contributed by atoms with Gasteiger partial charge in [0, 0.05) is 31.7 Å². The molecule has 0 atom stereocenters. The third-order valence-electron chi connectivity index (χ3n) is 4.44. The zero-order valence-electron chi connectivity index (χ0n) is 16.5. The lowest BCUT2D eigenvalue weighted by molar-refractivity contribution is -0.156. The number of nitrogen functional groups attached to an aromatic ring is 1. The molecule has 2 heterocycles. The Hall–Kier alpha value is -2.38. The number of hydrogen-bond acceptors (Lipinski definition) is 7. The van der Waals surface area contributed by atoms with Gasteiger partial charge in [-0.1, -0.05) is 29.8 Å². The van der Waals surface area contributed by atoms with Crippen molar-refractivity contribution in [2.45, 2.75) is 26.4 Å². The first-order valence-corrected chi connectivity index (χ1v) is 9.68. The summed E-state index contributed by atoms with van der Waals surface area (Å²) in [6.45, 7) is 8.86. The molecule has 1 saturated heterocycles. The van der Waals surface area contributed by atoms with E-state index in [4.69, 9.17) is 22.1 Å². The average molecular weight is 404 g/mol. The molecule has 2 aromatic rings. The van der Waals surface area contributed by atoms with Crippen LogP contribution in [0.2, 0.25) is 5.02 Å². The van der Waals surface area contributed by atoms with E-state index in [0.29, 0.717) is 23.1 Å². The molecule has 0 unspecified atom stereocenters. The number of halogens is 1. The molecule has 0 aliphatic carbocycles. The molecule has 1 aliphatic rings. The molecule has 1 aromatic carbocycles. The number of hydrogen-bond donors (Lipinski definition) is 1. The number of carbonyl (C=O) groups excluding carboxylic acids is 1. The molecule has 1 aromatic heterocycles. The van der Waals surface area contributed by atoms with Gasteiger partial charge in [0.25, 0.3) is 0 Å². The van der Waals surface area contributed by atoms with Gasteiger partial charge in [0.2, 0.25) is 0 Å². The molecule has 28 heavy (non-hydrogen) atoms. The second kappa shape index (κ2) is 8.32. The van der Waals surface area contributed by atoms with Crippen molar-refractivity contribution in [3.05, 3.63) is 35.4 Å². The van der Waals surface area contributed by atoms with E-state index in [-0.39, 0.29) is 5.97 Å². The predicted molar refractivity (Wildman–Crippen MR) is 111 cm³/mol. The van der Waals surface area contributed by atoms with Crippen molar-refractivity contribution in [3.63, 3.8) is 0 Å². The fourth-order valence-electron chi connectivity index (χ4n) is 3.15. The van der Waals surface area contributed by atoms with Crippen LogP contribution in [0.15, 0.2) is 30.3 Å². The molecule has 1 aliphatic heterocycles. The summed E-state index contributed by atoms with van der Waals surface area (Å²) in [6.07, 6.45) is 0. The molecule has 1 fully saturated rings. The summed E-state index contributed by atoms with van der Waals surface area (Å²) in [5.74, 6) is 0.184. The van der Waals surface area contributed by atoms with E-state index in [1.807, 2.05) is 51.1 Å². The van der Waals surface area contributed by atoms with Crippen LogP contribution >= 0.6 is 11.6 Å². The van der Waals surface area contributed by atoms with Crippen LogP contribution in [0, 0.1) is 0 Å². The number of ether oxygens (including phenoxy) is 1. The summed E-state index contributed by atoms with van der Waals surface area (Å²) in [5.41, 5.74) is 7.96. The number of benzene rings is 1. The molecular weight excluding hydrogens is 378 g/mol. The highest BCUT2D eigenvalue weighted by Crippen LogP contribution is 2.30. The van der Waals surface area contributed by atoms with Crippen LogP contribution in [-0.4, -0.2) is 59.4 Å². The molecule has 2 N–H and O–H groups in total. The van der Waals surface area contributed by atoms with Gasteiger partial charge in [-0.25, -0.2) is 0 Å². The Morgan fingerprint density at radius 3 is 2.50 bits per heavy atom. The minimum Gasteiger partial charge on any atom is -0.459 e. The molecule has 150 valence electrons. The van der Waals surface area contributed by atoms with E-state index in [0.717, 1.165) is 37.4 Å². The van der Waals surface area contributed by atoms with Gasteiger partial charge >= 0.3 is 5.97 Å². The van der Waals surface area contributed by atoms with Crippen molar-refractivity contribution in [2.75, 3.05) is 43.4 Å². The van der Waals surface area contributed by atoms with E-state index in [2.05, 4.69) is 20.0 Å². The van der Waals surface area contributed by atoms with Crippen LogP contribution < -0.4 is 10.6 Å². The van der Waals surface area contributed by atoms with Crippen LogP contribution in [-0.2, 0) is 9.53 Å². The highest BCUT2D eigenvalue weighted by Gasteiger charge is 2.24. The molecular formula is C20H26ClN5O2. The van der Waals surface area contributed by atoms with Crippen LogP contribution in [0.25, 0.3) is 11.3 Å². The number of rotatable bonds is 4. The summed E-state index contributed by atoms with van der Waals surface area (Å²) >= 11 is 6.29. The van der Waals surface area contributed by atoms with Gasteiger partial charge < -0.3 is 15.4 Å². The first-order valence-electron chi connectivity index (χ1n) is 9.30. The first kappa shape index (κ1) is 20.4. The van der Waals surface area contributed by atoms with Gasteiger partial charge in [-0.15, -0.1) is 10.2 Å². The molecule has 0 radical (unpaired) electrons. The summed E-state index contributed by atoms with van der Waals surface area (Å²) in [7, 11) is 0. The van der Waals surface area contributed by atoms with Crippen molar-refractivity contribution in [2.24, 2.45) is 0 Å². The normalized spacial score (nSPS) is 15.5. The van der Waals surface area contributed by atoms with Gasteiger partial charge in [-0.3, -0.25) is 9.69 Å². The van der Waals surface area contributed by atoms with Crippen molar-refractivity contribution < 1.29 is 9.53 Å². The van der Waals surface area contributed by atoms with Crippen molar-refractivity contribution >= 4 is 29.1 Å². The molecule has 8 heteroatoms. The first-order chi connectivity index (χ1) is 13.2. The summed E-state index contributed by atoms with van der Waals surface area (Å²) < 4.78 is 5.40. The Balaban J connectivity index is 1.67. The van der Waals surface area contributed by atoms with Crippen LogP contribution in [0.5, 0.6) is 0 Å². The highest BCUT2D eigenvalue weighted by atomic mass is 35.5. The largest absolute Gasteiger partial charge is 0.459 e. The quantitative estimate of drug-likeness (QED) is 0.785. The van der Waals surface area contributed by atoms with Gasteiger partial charge in [0.1, 0.15) is 5.60 Å². The van der Waals surface area contributed by atoms with Gasteiger partial charge in [0.05, 0.1) is 22.9 Å². The van der Waals surface area contributed by atoms with Crippen molar-refractivity contribution in [1.82, 2.24) is 15.1 Å². The molecule has 0 saturated carbocycles. The lowest BCUT2D eigenvalue weighted by atomic mass is 10.1. The van der Waals surface area contributed by atoms with Crippen LogP contribution in [0.1, 0.15) is 20.8 Å². The second-order valence-electron chi connectivity index (χ2n) is 7.83. The number of esters is 1. The molecule has 0 bridgehead atoms. The topological polar surface area (TPSA) is 84.6 Å². The highest BCUT2D eigenvalue weighted by molar-refractivity contribution is 6.33. The maximum Gasteiger partial charge on any atom is 0.320 e. The van der Waals surface area contributed by atoms with E-state index in [1.54, 1.807) is 0 Å². The minimum absolute atomic E-state index is 0.202. The molecule has 0 amide bonds. The SMILES string of the molecule is CC(C)(C)OC(=O)CN1CCN(c2cc(-c3ccccc3Cl)nnc2N)CC1. The Kier molecular flexibility index (Phi) is 6.05. The predicted octanol–water partition coefficient (Wildman–Crippen LogP) is 2.84. The van der Waals surface area contributed by atoms with Crippen molar-refractivity contribution in [1.29, 1.82) is 0 Å². The summed E-state index contributed by atoms with van der Waals surface area (Å²) in [6, 6.07) is 9.44. The smallest absolute Gasteiger partial charge is 0.320 e. The maximum absolute atomic E-state index is 12.0.